The maximum Gasteiger partial charge on any atom is 0.322 e. The van der Waals surface area contributed by atoms with E-state index in [9.17, 15) is 4.79 Å². The molecule has 2 amide bonds. The molecule has 0 saturated heterocycles. The summed E-state index contributed by atoms with van der Waals surface area (Å²) >= 11 is 0. The van der Waals surface area contributed by atoms with Crippen molar-refractivity contribution >= 4 is 17.4 Å². The van der Waals surface area contributed by atoms with Crippen molar-refractivity contribution in [1.29, 1.82) is 0 Å². The number of fused-ring (bicyclic) bond motifs is 1. The van der Waals surface area contributed by atoms with Crippen LogP contribution in [-0.2, 0) is 6.42 Å². The Labute approximate surface area is 95.4 Å². The molecule has 0 spiro atoms. The molecule has 1 aromatic rings. The molecule has 0 unspecified atom stereocenters. The Kier molecular flexibility index (Phi) is 2.73. The molecule has 0 radical (unpaired) electrons. The van der Waals surface area contributed by atoms with Gasteiger partial charge in [0.25, 0.3) is 0 Å². The summed E-state index contributed by atoms with van der Waals surface area (Å²) in [7, 11) is 0. The number of nitrogens with zero attached hydrogens (tertiary/aromatic N) is 1. The zero-order valence-electron chi connectivity index (χ0n) is 9.66. The molecule has 2 rings (SSSR count). The van der Waals surface area contributed by atoms with Gasteiger partial charge in [-0.25, -0.2) is 4.79 Å². The van der Waals surface area contributed by atoms with Crippen LogP contribution in [0.5, 0.6) is 0 Å². The van der Waals surface area contributed by atoms with E-state index >= 15 is 0 Å². The molecule has 1 heterocycles. The van der Waals surface area contributed by atoms with E-state index in [2.05, 4.69) is 5.32 Å². The number of para-hydroxylation sites is 1. The first kappa shape index (κ1) is 10.8. The summed E-state index contributed by atoms with van der Waals surface area (Å²) in [5, 5.41) is 2.88. The second-order valence-electron chi connectivity index (χ2n) is 4.36. The molecule has 4 nitrogen and oxygen atoms in total. The van der Waals surface area contributed by atoms with Gasteiger partial charge in [-0.3, -0.25) is 4.90 Å². The first-order valence-corrected chi connectivity index (χ1v) is 5.55. The van der Waals surface area contributed by atoms with Gasteiger partial charge < -0.3 is 11.1 Å². The first-order valence-electron chi connectivity index (χ1n) is 5.55. The number of nitrogens with two attached hydrogens (primary N) is 1. The molecule has 0 aliphatic carbocycles. The number of hydrogen-bond acceptors (Lipinski definition) is 2. The monoisotopic (exact) mass is 219 g/mol. The van der Waals surface area contributed by atoms with Crippen LogP contribution in [0.4, 0.5) is 16.2 Å². The van der Waals surface area contributed by atoms with E-state index in [-0.39, 0.29) is 12.1 Å². The van der Waals surface area contributed by atoms with Crippen molar-refractivity contribution in [2.45, 2.75) is 26.3 Å². The molecule has 1 aromatic carbocycles. The quantitative estimate of drug-likeness (QED) is 0.707. The number of anilines is 2. The zero-order valence-corrected chi connectivity index (χ0v) is 9.66. The number of amides is 2. The standard InChI is InChI=1S/C12H17N3O/c1-8(2)14-12(16)15-7-6-9-4-3-5-10(13)11(9)15/h3-5,8H,6-7,13H2,1-2H3,(H,14,16). The SMILES string of the molecule is CC(C)NC(=O)N1CCc2cccc(N)c21. The highest BCUT2D eigenvalue weighted by molar-refractivity contribution is 5.97. The van der Waals surface area contributed by atoms with Crippen LogP contribution in [0.1, 0.15) is 19.4 Å². The van der Waals surface area contributed by atoms with Gasteiger partial charge in [0.1, 0.15) is 0 Å². The number of benzene rings is 1. The van der Waals surface area contributed by atoms with E-state index in [1.54, 1.807) is 4.90 Å². The van der Waals surface area contributed by atoms with Crippen LogP contribution in [0, 0.1) is 0 Å². The second-order valence-corrected chi connectivity index (χ2v) is 4.36. The van der Waals surface area contributed by atoms with E-state index in [4.69, 9.17) is 5.73 Å². The number of urea groups is 1. The smallest absolute Gasteiger partial charge is 0.322 e. The Hall–Kier alpha value is -1.71. The highest BCUT2D eigenvalue weighted by Gasteiger charge is 2.26. The predicted molar refractivity (Wildman–Crippen MR) is 65.6 cm³/mol. The van der Waals surface area contributed by atoms with Crippen molar-refractivity contribution in [3.8, 4) is 0 Å². The van der Waals surface area contributed by atoms with Gasteiger partial charge in [0.15, 0.2) is 0 Å². The van der Waals surface area contributed by atoms with Crippen molar-refractivity contribution in [1.82, 2.24) is 5.32 Å². The molecule has 16 heavy (non-hydrogen) atoms. The lowest BCUT2D eigenvalue weighted by molar-refractivity contribution is 0.244. The molecule has 0 fully saturated rings. The minimum absolute atomic E-state index is 0.0633. The van der Waals surface area contributed by atoms with Gasteiger partial charge >= 0.3 is 6.03 Å². The molecular formula is C12H17N3O. The van der Waals surface area contributed by atoms with Crippen LogP contribution in [-0.4, -0.2) is 18.6 Å². The molecule has 0 saturated carbocycles. The Morgan fingerprint density at radius 2 is 2.25 bits per heavy atom. The molecule has 0 aromatic heterocycles. The molecule has 1 aliphatic rings. The van der Waals surface area contributed by atoms with Crippen molar-refractivity contribution in [2.24, 2.45) is 0 Å². The van der Waals surface area contributed by atoms with Crippen molar-refractivity contribution in [2.75, 3.05) is 17.2 Å². The van der Waals surface area contributed by atoms with Crippen LogP contribution in [0.2, 0.25) is 0 Å². The minimum atomic E-state index is -0.0633. The third-order valence-electron chi connectivity index (χ3n) is 2.68. The van der Waals surface area contributed by atoms with Crippen molar-refractivity contribution < 1.29 is 4.79 Å². The highest BCUT2D eigenvalue weighted by atomic mass is 16.2. The molecule has 86 valence electrons. The number of carbonyl (C=O) groups excluding carboxylic acids is 1. The lowest BCUT2D eigenvalue weighted by Crippen LogP contribution is -2.42. The minimum Gasteiger partial charge on any atom is -0.397 e. The Morgan fingerprint density at radius 1 is 1.50 bits per heavy atom. The molecular weight excluding hydrogens is 202 g/mol. The van der Waals surface area contributed by atoms with Crippen LogP contribution in [0.3, 0.4) is 0 Å². The molecule has 0 atom stereocenters. The van der Waals surface area contributed by atoms with E-state index in [1.165, 1.54) is 0 Å². The summed E-state index contributed by atoms with van der Waals surface area (Å²) in [6, 6.07) is 5.86. The third-order valence-corrected chi connectivity index (χ3v) is 2.68. The topological polar surface area (TPSA) is 58.4 Å². The summed E-state index contributed by atoms with van der Waals surface area (Å²) in [5.41, 5.74) is 8.61. The highest BCUT2D eigenvalue weighted by Crippen LogP contribution is 2.33. The third kappa shape index (κ3) is 1.83. The van der Waals surface area contributed by atoms with Crippen LogP contribution < -0.4 is 16.0 Å². The van der Waals surface area contributed by atoms with Crippen LogP contribution >= 0.6 is 0 Å². The normalized spacial score (nSPS) is 14.1. The van der Waals surface area contributed by atoms with Gasteiger partial charge in [0.05, 0.1) is 11.4 Å². The lowest BCUT2D eigenvalue weighted by atomic mass is 10.1. The van der Waals surface area contributed by atoms with Gasteiger partial charge in [0, 0.05) is 12.6 Å². The summed E-state index contributed by atoms with van der Waals surface area (Å²) in [5.74, 6) is 0. The Morgan fingerprint density at radius 3 is 2.94 bits per heavy atom. The summed E-state index contributed by atoms with van der Waals surface area (Å²) in [6.07, 6.45) is 0.881. The number of nitrogen functional groups attached to an aromatic ring is 1. The lowest BCUT2D eigenvalue weighted by Gasteiger charge is -2.21. The largest absolute Gasteiger partial charge is 0.397 e. The predicted octanol–water partition coefficient (Wildman–Crippen LogP) is 1.75. The number of rotatable bonds is 1. The zero-order chi connectivity index (χ0) is 11.7. The van der Waals surface area contributed by atoms with E-state index in [0.717, 1.165) is 17.7 Å². The Balaban J connectivity index is 2.26. The van der Waals surface area contributed by atoms with Gasteiger partial charge in [-0.15, -0.1) is 0 Å². The number of carbonyl (C=O) groups is 1. The fraction of sp³-hybridized carbons (Fsp3) is 0.417. The van der Waals surface area contributed by atoms with Crippen LogP contribution in [0.15, 0.2) is 18.2 Å². The van der Waals surface area contributed by atoms with E-state index in [0.29, 0.717) is 12.2 Å². The van der Waals surface area contributed by atoms with Crippen molar-refractivity contribution in [3.63, 3.8) is 0 Å². The van der Waals surface area contributed by atoms with E-state index in [1.807, 2.05) is 32.0 Å². The molecule has 4 heteroatoms. The summed E-state index contributed by atoms with van der Waals surface area (Å²) in [4.78, 5) is 13.7. The fourth-order valence-electron chi connectivity index (χ4n) is 2.01. The number of nitrogens with one attached hydrogen (secondary N) is 1. The fourth-order valence-corrected chi connectivity index (χ4v) is 2.01. The van der Waals surface area contributed by atoms with Gasteiger partial charge in [-0.1, -0.05) is 12.1 Å². The maximum absolute atomic E-state index is 11.9. The van der Waals surface area contributed by atoms with Crippen LogP contribution in [0.25, 0.3) is 0 Å². The van der Waals surface area contributed by atoms with Gasteiger partial charge in [-0.05, 0) is 31.9 Å². The van der Waals surface area contributed by atoms with Crippen molar-refractivity contribution in [3.05, 3.63) is 23.8 Å². The number of hydrogen-bond donors (Lipinski definition) is 2. The second kappa shape index (κ2) is 4.04. The average molecular weight is 219 g/mol. The maximum atomic E-state index is 11.9. The first-order chi connectivity index (χ1) is 7.59. The molecule has 1 aliphatic heterocycles. The molecule has 0 bridgehead atoms. The Bertz CT molecular complexity index is 415. The van der Waals surface area contributed by atoms with E-state index < -0.39 is 0 Å². The van der Waals surface area contributed by atoms with Gasteiger partial charge in [-0.2, -0.15) is 0 Å². The molecule has 3 N–H and O–H groups in total. The average Bonchev–Trinajstić information content (AvgIpc) is 2.61. The summed E-state index contributed by atoms with van der Waals surface area (Å²) in [6.45, 7) is 4.61. The summed E-state index contributed by atoms with van der Waals surface area (Å²) < 4.78 is 0. The van der Waals surface area contributed by atoms with Gasteiger partial charge in [0.2, 0.25) is 0 Å².